The minimum atomic E-state index is -3.48. The molecule has 0 saturated heterocycles. The maximum Gasteiger partial charge on any atom is 0.298 e. The van der Waals surface area contributed by atoms with Crippen LogP contribution in [0.15, 0.2) is 0 Å². The number of hydrogen-bond acceptors (Lipinski definition) is 0. The first kappa shape index (κ1) is 10.7. The van der Waals surface area contributed by atoms with E-state index in [1.54, 1.807) is 0 Å². The fourth-order valence-electron chi connectivity index (χ4n) is 0. The Morgan fingerprint density at radius 1 is 0.714 bits per heavy atom. The Hall–Kier alpha value is 0.720. The van der Waals surface area contributed by atoms with E-state index in [9.17, 15) is 17.6 Å². The maximum absolute atomic E-state index is 10.4. The molecular formula is C2H2F4Na. The van der Waals surface area contributed by atoms with Crippen LogP contribution in [0.25, 0.3) is 0 Å². The quantitative estimate of drug-likeness (QED) is 0.364. The van der Waals surface area contributed by atoms with Gasteiger partial charge in [-0.1, -0.05) is 0 Å². The molecule has 0 aromatic carbocycles. The van der Waals surface area contributed by atoms with Gasteiger partial charge in [-0.2, -0.15) is 0 Å². The largest absolute Gasteiger partial charge is 0.298 e. The van der Waals surface area contributed by atoms with E-state index in [4.69, 9.17) is 0 Å². The molecule has 0 unspecified atom stereocenters. The molecule has 39 valence electrons. The second-order valence-corrected chi connectivity index (χ2v) is 0.669. The van der Waals surface area contributed by atoms with Gasteiger partial charge in [-0.15, -0.1) is 0 Å². The molecule has 7 heavy (non-hydrogen) atoms. The fourth-order valence-corrected chi connectivity index (χ4v) is 0. The van der Waals surface area contributed by atoms with Crippen molar-refractivity contribution in [3.63, 3.8) is 0 Å². The molecule has 0 aliphatic rings. The monoisotopic (exact) mass is 125 g/mol. The molecule has 0 amide bonds. The van der Waals surface area contributed by atoms with Gasteiger partial charge in [0, 0.05) is 29.6 Å². The van der Waals surface area contributed by atoms with Gasteiger partial charge >= 0.3 is 0 Å². The summed E-state index contributed by atoms with van der Waals surface area (Å²) in [6.07, 6.45) is -6.96. The SMILES string of the molecule is FC(F)C(F)F.[Na]. The van der Waals surface area contributed by atoms with Gasteiger partial charge in [0.05, 0.1) is 0 Å². The van der Waals surface area contributed by atoms with E-state index in [0.717, 1.165) is 0 Å². The maximum atomic E-state index is 10.4. The molecule has 5 heteroatoms. The standard InChI is InChI=1S/C2H2F4.Na/c3-1(4)2(5)6;/h1-2H;. The van der Waals surface area contributed by atoms with Gasteiger partial charge in [-0.25, -0.2) is 17.6 Å². The van der Waals surface area contributed by atoms with Crippen LogP contribution in [0.5, 0.6) is 0 Å². The fraction of sp³-hybridized carbons (Fsp3) is 1.00. The average Bonchev–Trinajstić information content (AvgIpc) is 1.36. The molecule has 0 bridgehead atoms. The molecule has 0 saturated carbocycles. The van der Waals surface area contributed by atoms with Crippen molar-refractivity contribution in [3.05, 3.63) is 0 Å². The van der Waals surface area contributed by atoms with Crippen molar-refractivity contribution in [1.29, 1.82) is 0 Å². The first-order valence-electron chi connectivity index (χ1n) is 1.21. The molecule has 0 aliphatic heterocycles. The van der Waals surface area contributed by atoms with Crippen LogP contribution in [0.4, 0.5) is 17.6 Å². The van der Waals surface area contributed by atoms with E-state index in [-0.39, 0.29) is 29.6 Å². The summed E-state index contributed by atoms with van der Waals surface area (Å²) < 4.78 is 41.6. The molecule has 0 nitrogen and oxygen atoms in total. The summed E-state index contributed by atoms with van der Waals surface area (Å²) in [5.41, 5.74) is 0. The molecule has 0 atom stereocenters. The zero-order chi connectivity index (χ0) is 5.15. The van der Waals surface area contributed by atoms with E-state index in [2.05, 4.69) is 0 Å². The van der Waals surface area contributed by atoms with Crippen LogP contribution in [0.1, 0.15) is 0 Å². The second-order valence-electron chi connectivity index (χ2n) is 0.669. The van der Waals surface area contributed by atoms with Crippen LogP contribution in [0, 0.1) is 0 Å². The third-order valence-corrected chi connectivity index (χ3v) is 0.190. The van der Waals surface area contributed by atoms with Crippen molar-refractivity contribution in [2.75, 3.05) is 0 Å². The number of rotatable bonds is 1. The van der Waals surface area contributed by atoms with Crippen LogP contribution in [0.2, 0.25) is 0 Å². The number of alkyl halides is 4. The van der Waals surface area contributed by atoms with E-state index in [0.29, 0.717) is 0 Å². The molecule has 0 aromatic rings. The van der Waals surface area contributed by atoms with Crippen molar-refractivity contribution in [2.24, 2.45) is 0 Å². The summed E-state index contributed by atoms with van der Waals surface area (Å²) in [6, 6.07) is 0. The molecule has 0 rings (SSSR count). The second kappa shape index (κ2) is 4.87. The van der Waals surface area contributed by atoms with Crippen molar-refractivity contribution < 1.29 is 17.6 Å². The van der Waals surface area contributed by atoms with Crippen molar-refractivity contribution in [1.82, 2.24) is 0 Å². The Labute approximate surface area is 60.2 Å². The van der Waals surface area contributed by atoms with Gasteiger partial charge in [-0.3, -0.25) is 0 Å². The van der Waals surface area contributed by atoms with Gasteiger partial charge in [0.15, 0.2) is 0 Å². The molecule has 0 heterocycles. The Balaban J connectivity index is 0. The van der Waals surface area contributed by atoms with Crippen LogP contribution in [-0.4, -0.2) is 42.4 Å². The molecule has 1 radical (unpaired) electrons. The normalized spacial score (nSPS) is 9.43. The molecule has 0 aliphatic carbocycles. The minimum absolute atomic E-state index is 0. The summed E-state index contributed by atoms with van der Waals surface area (Å²) in [6.45, 7) is 0. The van der Waals surface area contributed by atoms with E-state index in [1.165, 1.54) is 0 Å². The zero-order valence-electron chi connectivity index (χ0n) is 3.67. The van der Waals surface area contributed by atoms with Gasteiger partial charge < -0.3 is 0 Å². The summed E-state index contributed by atoms with van der Waals surface area (Å²) in [5.74, 6) is 0. The van der Waals surface area contributed by atoms with Crippen molar-refractivity contribution in [3.8, 4) is 0 Å². The number of hydrogen-bond donors (Lipinski definition) is 0. The van der Waals surface area contributed by atoms with Crippen LogP contribution < -0.4 is 0 Å². The van der Waals surface area contributed by atoms with Crippen molar-refractivity contribution in [2.45, 2.75) is 12.9 Å². The summed E-state index contributed by atoms with van der Waals surface area (Å²) in [4.78, 5) is 0. The Kier molecular flexibility index (Phi) is 7.41. The van der Waals surface area contributed by atoms with Crippen LogP contribution in [0.3, 0.4) is 0 Å². The minimum Gasteiger partial charge on any atom is -0.204 e. The summed E-state index contributed by atoms with van der Waals surface area (Å²) in [5, 5.41) is 0. The Bertz CT molecular complexity index is 30.7. The predicted molar refractivity (Wildman–Crippen MR) is 17.8 cm³/mol. The molecule has 0 fully saturated rings. The number of halogens is 4. The van der Waals surface area contributed by atoms with Crippen LogP contribution in [-0.2, 0) is 0 Å². The topological polar surface area (TPSA) is 0 Å². The van der Waals surface area contributed by atoms with Gasteiger partial charge in [0.25, 0.3) is 12.9 Å². The third kappa shape index (κ3) is 6.72. The molecular weight excluding hydrogens is 123 g/mol. The summed E-state index contributed by atoms with van der Waals surface area (Å²) >= 11 is 0. The molecule has 0 aromatic heterocycles. The zero-order valence-corrected chi connectivity index (χ0v) is 5.67. The first-order chi connectivity index (χ1) is 2.64. The van der Waals surface area contributed by atoms with E-state index >= 15 is 0 Å². The third-order valence-electron chi connectivity index (χ3n) is 0.190. The Morgan fingerprint density at radius 3 is 0.857 bits per heavy atom. The van der Waals surface area contributed by atoms with Crippen LogP contribution >= 0.6 is 0 Å². The summed E-state index contributed by atoms with van der Waals surface area (Å²) in [7, 11) is 0. The van der Waals surface area contributed by atoms with Crippen molar-refractivity contribution >= 4 is 29.6 Å². The van der Waals surface area contributed by atoms with Gasteiger partial charge in [-0.05, 0) is 0 Å². The smallest absolute Gasteiger partial charge is 0.204 e. The Morgan fingerprint density at radius 2 is 0.857 bits per heavy atom. The van der Waals surface area contributed by atoms with E-state index in [1.807, 2.05) is 0 Å². The predicted octanol–water partition coefficient (Wildman–Crippen LogP) is 1.14. The average molecular weight is 125 g/mol. The molecule has 0 N–H and O–H groups in total. The van der Waals surface area contributed by atoms with E-state index < -0.39 is 12.9 Å². The van der Waals surface area contributed by atoms with Gasteiger partial charge in [0.2, 0.25) is 0 Å². The molecule has 0 spiro atoms. The first-order valence-corrected chi connectivity index (χ1v) is 1.21. The van der Waals surface area contributed by atoms with Gasteiger partial charge in [0.1, 0.15) is 0 Å².